The standard InChI is InChI=1S/C17H20BrNO/c1-17(2,13-7-5-4-6-8-13)16(19)12-9-10-15(20-3)14(18)11-12/h4-11,16H,19H2,1-3H3. The van der Waals surface area contributed by atoms with E-state index in [1.165, 1.54) is 5.56 Å². The molecule has 0 aromatic heterocycles. The number of hydrogen-bond acceptors (Lipinski definition) is 2. The summed E-state index contributed by atoms with van der Waals surface area (Å²) in [6.45, 7) is 4.34. The third-order valence-corrected chi connectivity index (χ3v) is 4.45. The van der Waals surface area contributed by atoms with Crippen LogP contribution in [0.3, 0.4) is 0 Å². The summed E-state index contributed by atoms with van der Waals surface area (Å²) in [5.74, 6) is 0.818. The van der Waals surface area contributed by atoms with E-state index in [9.17, 15) is 0 Å². The van der Waals surface area contributed by atoms with Crippen molar-refractivity contribution < 1.29 is 4.74 Å². The van der Waals surface area contributed by atoms with Crippen LogP contribution in [0.5, 0.6) is 5.75 Å². The Morgan fingerprint density at radius 3 is 2.30 bits per heavy atom. The van der Waals surface area contributed by atoms with Crippen molar-refractivity contribution in [1.29, 1.82) is 0 Å². The van der Waals surface area contributed by atoms with Crippen LogP contribution >= 0.6 is 15.9 Å². The van der Waals surface area contributed by atoms with Crippen molar-refractivity contribution in [3.8, 4) is 5.75 Å². The van der Waals surface area contributed by atoms with Crippen molar-refractivity contribution >= 4 is 15.9 Å². The van der Waals surface area contributed by atoms with Crippen LogP contribution in [-0.4, -0.2) is 7.11 Å². The predicted octanol–water partition coefficient (Wildman–Crippen LogP) is 4.44. The van der Waals surface area contributed by atoms with Gasteiger partial charge < -0.3 is 10.5 Å². The third kappa shape index (κ3) is 2.89. The molecule has 0 aliphatic rings. The zero-order valence-electron chi connectivity index (χ0n) is 12.1. The Morgan fingerprint density at radius 1 is 1.10 bits per heavy atom. The molecule has 0 saturated heterocycles. The van der Waals surface area contributed by atoms with Gasteiger partial charge in [-0.2, -0.15) is 0 Å². The van der Waals surface area contributed by atoms with Gasteiger partial charge in [-0.3, -0.25) is 0 Å². The Balaban J connectivity index is 2.35. The maximum absolute atomic E-state index is 6.50. The second-order valence-electron chi connectivity index (χ2n) is 5.46. The number of nitrogens with two attached hydrogens (primary N) is 1. The van der Waals surface area contributed by atoms with Gasteiger partial charge in [0.2, 0.25) is 0 Å². The molecule has 2 rings (SSSR count). The molecule has 2 aromatic carbocycles. The van der Waals surface area contributed by atoms with Crippen LogP contribution in [0.15, 0.2) is 53.0 Å². The minimum Gasteiger partial charge on any atom is -0.496 e. The summed E-state index contributed by atoms with van der Waals surface area (Å²) in [5.41, 5.74) is 8.68. The first-order valence-electron chi connectivity index (χ1n) is 6.61. The number of benzene rings is 2. The Hall–Kier alpha value is -1.32. The molecule has 20 heavy (non-hydrogen) atoms. The van der Waals surface area contributed by atoms with Crippen LogP contribution in [0.25, 0.3) is 0 Å². The first-order chi connectivity index (χ1) is 9.46. The zero-order chi connectivity index (χ0) is 14.8. The summed E-state index contributed by atoms with van der Waals surface area (Å²) < 4.78 is 6.19. The zero-order valence-corrected chi connectivity index (χ0v) is 13.6. The van der Waals surface area contributed by atoms with Crippen LogP contribution in [-0.2, 0) is 5.41 Å². The quantitative estimate of drug-likeness (QED) is 0.897. The van der Waals surface area contributed by atoms with E-state index in [2.05, 4.69) is 41.9 Å². The first-order valence-corrected chi connectivity index (χ1v) is 7.40. The molecule has 0 radical (unpaired) electrons. The molecule has 0 aliphatic carbocycles. The van der Waals surface area contributed by atoms with E-state index < -0.39 is 0 Å². The van der Waals surface area contributed by atoms with Crippen molar-refractivity contribution in [2.45, 2.75) is 25.3 Å². The highest BCUT2D eigenvalue weighted by Gasteiger charge is 2.29. The minimum atomic E-state index is -0.144. The highest BCUT2D eigenvalue weighted by molar-refractivity contribution is 9.10. The highest BCUT2D eigenvalue weighted by atomic mass is 79.9. The normalized spacial score (nSPS) is 13.1. The summed E-state index contributed by atoms with van der Waals surface area (Å²) >= 11 is 3.52. The average Bonchev–Trinajstić information content (AvgIpc) is 2.47. The molecular formula is C17H20BrNO. The van der Waals surface area contributed by atoms with Gasteiger partial charge in [0, 0.05) is 11.5 Å². The largest absolute Gasteiger partial charge is 0.496 e. The molecule has 2 nitrogen and oxygen atoms in total. The minimum absolute atomic E-state index is 0.0906. The molecule has 0 bridgehead atoms. The van der Waals surface area contributed by atoms with Crippen LogP contribution in [0, 0.1) is 0 Å². The van der Waals surface area contributed by atoms with Gasteiger partial charge in [0.1, 0.15) is 5.75 Å². The van der Waals surface area contributed by atoms with Gasteiger partial charge >= 0.3 is 0 Å². The second kappa shape index (κ2) is 5.98. The van der Waals surface area contributed by atoms with Gasteiger partial charge in [-0.05, 0) is 39.2 Å². The van der Waals surface area contributed by atoms with Gasteiger partial charge in [-0.25, -0.2) is 0 Å². The van der Waals surface area contributed by atoms with Crippen molar-refractivity contribution in [3.05, 3.63) is 64.1 Å². The monoisotopic (exact) mass is 333 g/mol. The molecule has 0 saturated carbocycles. The van der Waals surface area contributed by atoms with E-state index in [1.807, 2.05) is 36.4 Å². The molecule has 0 aliphatic heterocycles. The topological polar surface area (TPSA) is 35.2 Å². The van der Waals surface area contributed by atoms with Gasteiger partial charge in [-0.1, -0.05) is 50.2 Å². The fourth-order valence-corrected chi connectivity index (χ4v) is 2.90. The lowest BCUT2D eigenvalue weighted by Crippen LogP contribution is -2.33. The van der Waals surface area contributed by atoms with Crippen molar-refractivity contribution in [2.24, 2.45) is 5.73 Å². The maximum Gasteiger partial charge on any atom is 0.133 e. The number of rotatable bonds is 4. The van der Waals surface area contributed by atoms with Crippen LogP contribution in [0.2, 0.25) is 0 Å². The van der Waals surface area contributed by atoms with Gasteiger partial charge in [0.25, 0.3) is 0 Å². The summed E-state index contributed by atoms with van der Waals surface area (Å²) in [6.07, 6.45) is 0. The Bertz CT molecular complexity index is 581. The second-order valence-corrected chi connectivity index (χ2v) is 6.31. The van der Waals surface area contributed by atoms with Crippen LogP contribution < -0.4 is 10.5 Å². The molecule has 0 heterocycles. The van der Waals surface area contributed by atoms with Gasteiger partial charge in [0.15, 0.2) is 0 Å². The Morgan fingerprint density at radius 2 is 1.75 bits per heavy atom. The van der Waals surface area contributed by atoms with E-state index in [0.717, 1.165) is 15.8 Å². The van der Waals surface area contributed by atoms with Crippen LogP contribution in [0.1, 0.15) is 31.0 Å². The van der Waals surface area contributed by atoms with E-state index in [-0.39, 0.29) is 11.5 Å². The number of ether oxygens (including phenoxy) is 1. The Labute approximate surface area is 129 Å². The average molecular weight is 334 g/mol. The van der Waals surface area contributed by atoms with E-state index >= 15 is 0 Å². The summed E-state index contributed by atoms with van der Waals surface area (Å²) in [6, 6.07) is 16.3. The van der Waals surface area contributed by atoms with E-state index in [4.69, 9.17) is 10.5 Å². The lowest BCUT2D eigenvalue weighted by Gasteiger charge is -2.32. The molecule has 106 valence electrons. The predicted molar refractivity (Wildman–Crippen MR) is 87.1 cm³/mol. The number of hydrogen-bond donors (Lipinski definition) is 1. The van der Waals surface area contributed by atoms with Crippen molar-refractivity contribution in [2.75, 3.05) is 7.11 Å². The van der Waals surface area contributed by atoms with Gasteiger partial charge in [-0.15, -0.1) is 0 Å². The SMILES string of the molecule is COc1ccc(C(N)C(C)(C)c2ccccc2)cc1Br. The summed E-state index contributed by atoms with van der Waals surface area (Å²) in [4.78, 5) is 0. The fourth-order valence-electron chi connectivity index (χ4n) is 2.34. The van der Waals surface area contributed by atoms with E-state index in [0.29, 0.717) is 0 Å². The van der Waals surface area contributed by atoms with Crippen molar-refractivity contribution in [1.82, 2.24) is 0 Å². The first kappa shape index (κ1) is 15.1. The molecular weight excluding hydrogens is 314 g/mol. The molecule has 2 aromatic rings. The highest BCUT2D eigenvalue weighted by Crippen LogP contribution is 2.37. The number of halogens is 1. The molecule has 0 fully saturated rings. The summed E-state index contributed by atoms with van der Waals surface area (Å²) in [5, 5.41) is 0. The number of methoxy groups -OCH3 is 1. The third-order valence-electron chi connectivity index (χ3n) is 3.83. The Kier molecular flexibility index (Phi) is 4.51. The molecule has 0 spiro atoms. The maximum atomic E-state index is 6.50. The molecule has 2 N–H and O–H groups in total. The lowest BCUT2D eigenvalue weighted by atomic mass is 9.75. The summed E-state index contributed by atoms with van der Waals surface area (Å²) in [7, 11) is 1.66. The van der Waals surface area contributed by atoms with Crippen LogP contribution in [0.4, 0.5) is 0 Å². The van der Waals surface area contributed by atoms with Gasteiger partial charge in [0.05, 0.1) is 11.6 Å². The van der Waals surface area contributed by atoms with E-state index in [1.54, 1.807) is 7.11 Å². The van der Waals surface area contributed by atoms with Crippen molar-refractivity contribution in [3.63, 3.8) is 0 Å². The molecule has 3 heteroatoms. The molecule has 0 amide bonds. The molecule has 1 atom stereocenters. The fraction of sp³-hybridized carbons (Fsp3) is 0.294. The smallest absolute Gasteiger partial charge is 0.133 e. The molecule has 1 unspecified atom stereocenters. The lowest BCUT2D eigenvalue weighted by molar-refractivity contribution is 0.407.